The van der Waals surface area contributed by atoms with E-state index in [0.717, 1.165) is 12.8 Å². The molecular formula is C12H18FN3O. The maximum Gasteiger partial charge on any atom is 0.254 e. The Labute approximate surface area is 100 Å². The Bertz CT molecular complexity index is 391. The van der Waals surface area contributed by atoms with Gasteiger partial charge in [-0.3, -0.25) is 4.79 Å². The van der Waals surface area contributed by atoms with Gasteiger partial charge in [0.25, 0.3) is 5.91 Å². The topological polar surface area (TPSA) is 68.0 Å². The van der Waals surface area contributed by atoms with E-state index in [0.29, 0.717) is 12.5 Å². The molecule has 0 aliphatic rings. The summed E-state index contributed by atoms with van der Waals surface area (Å²) in [6, 6.07) is 1.33. The fraction of sp³-hybridized carbons (Fsp3) is 0.500. The predicted molar refractivity (Wildman–Crippen MR) is 65.0 cm³/mol. The molecular weight excluding hydrogens is 221 g/mol. The van der Waals surface area contributed by atoms with Crippen LogP contribution in [0.2, 0.25) is 0 Å². The second-order valence-electron chi connectivity index (χ2n) is 3.95. The summed E-state index contributed by atoms with van der Waals surface area (Å²) in [7, 11) is 0. The van der Waals surface area contributed by atoms with Crippen molar-refractivity contribution in [3.8, 4) is 0 Å². The quantitative estimate of drug-likeness (QED) is 0.825. The maximum atomic E-state index is 13.5. The van der Waals surface area contributed by atoms with Crippen LogP contribution >= 0.6 is 0 Å². The molecule has 0 saturated carbocycles. The Balaban J connectivity index is 2.67. The highest BCUT2D eigenvalue weighted by atomic mass is 19.1. The summed E-state index contributed by atoms with van der Waals surface area (Å²) in [6.45, 7) is 4.67. The summed E-state index contributed by atoms with van der Waals surface area (Å²) in [5.41, 5.74) is 5.25. The highest BCUT2D eigenvalue weighted by Gasteiger charge is 2.15. The number of carbonyl (C=O) groups excluding carboxylic acids is 1. The van der Waals surface area contributed by atoms with Crippen LogP contribution in [0.4, 0.5) is 10.2 Å². The molecule has 0 saturated heterocycles. The molecule has 1 amide bonds. The standard InChI is InChI=1S/C12H18FN3O/c1-3-8(4-2)7-16-12(17)9-5-6-15-11(14)10(9)13/h5-6,8H,3-4,7H2,1-2H3,(H2,14,15)(H,16,17). The minimum Gasteiger partial charge on any atom is -0.381 e. The van der Waals surface area contributed by atoms with Gasteiger partial charge in [-0.2, -0.15) is 0 Å². The number of nitrogens with one attached hydrogen (secondary N) is 1. The summed E-state index contributed by atoms with van der Waals surface area (Å²) in [5.74, 6) is -1.03. The second kappa shape index (κ2) is 6.18. The van der Waals surface area contributed by atoms with Crippen LogP contribution in [0.15, 0.2) is 12.3 Å². The van der Waals surface area contributed by atoms with Crippen molar-refractivity contribution in [3.05, 3.63) is 23.6 Å². The van der Waals surface area contributed by atoms with E-state index in [1.807, 2.05) is 0 Å². The lowest BCUT2D eigenvalue weighted by Crippen LogP contribution is -2.29. The van der Waals surface area contributed by atoms with E-state index in [-0.39, 0.29) is 11.4 Å². The molecule has 1 rings (SSSR count). The zero-order valence-corrected chi connectivity index (χ0v) is 10.2. The number of anilines is 1. The number of nitrogens with two attached hydrogens (primary N) is 1. The molecule has 17 heavy (non-hydrogen) atoms. The molecule has 0 spiro atoms. The molecule has 0 aliphatic heterocycles. The van der Waals surface area contributed by atoms with Crippen molar-refractivity contribution in [2.45, 2.75) is 26.7 Å². The van der Waals surface area contributed by atoms with Gasteiger partial charge in [-0.05, 0) is 12.0 Å². The fourth-order valence-electron chi connectivity index (χ4n) is 1.54. The van der Waals surface area contributed by atoms with Crippen molar-refractivity contribution >= 4 is 11.7 Å². The van der Waals surface area contributed by atoms with Crippen LogP contribution in [0.25, 0.3) is 0 Å². The first-order valence-corrected chi connectivity index (χ1v) is 5.78. The summed E-state index contributed by atoms with van der Waals surface area (Å²) < 4.78 is 13.5. The summed E-state index contributed by atoms with van der Waals surface area (Å²) in [4.78, 5) is 15.3. The lowest BCUT2D eigenvalue weighted by Gasteiger charge is -2.13. The molecule has 0 unspecified atom stereocenters. The number of amides is 1. The Kier molecular flexibility index (Phi) is 4.87. The minimum absolute atomic E-state index is 0.0524. The summed E-state index contributed by atoms with van der Waals surface area (Å²) >= 11 is 0. The van der Waals surface area contributed by atoms with E-state index in [9.17, 15) is 9.18 Å². The van der Waals surface area contributed by atoms with Crippen LogP contribution in [-0.4, -0.2) is 17.4 Å². The van der Waals surface area contributed by atoms with Crippen LogP contribution in [0, 0.1) is 11.7 Å². The molecule has 4 nitrogen and oxygen atoms in total. The Morgan fingerprint density at radius 3 is 2.76 bits per heavy atom. The van der Waals surface area contributed by atoms with Crippen molar-refractivity contribution in [2.24, 2.45) is 5.92 Å². The van der Waals surface area contributed by atoms with Gasteiger partial charge in [0.2, 0.25) is 0 Å². The van der Waals surface area contributed by atoms with Crippen LogP contribution in [0.1, 0.15) is 37.0 Å². The van der Waals surface area contributed by atoms with Crippen molar-refractivity contribution in [1.82, 2.24) is 10.3 Å². The second-order valence-corrected chi connectivity index (χ2v) is 3.95. The normalized spacial score (nSPS) is 10.6. The molecule has 3 N–H and O–H groups in total. The molecule has 1 aromatic rings. The zero-order chi connectivity index (χ0) is 12.8. The number of nitrogen functional groups attached to an aromatic ring is 1. The van der Waals surface area contributed by atoms with Crippen LogP contribution in [0.3, 0.4) is 0 Å². The van der Waals surface area contributed by atoms with Gasteiger partial charge in [-0.25, -0.2) is 9.37 Å². The number of pyridine rings is 1. The molecule has 0 fully saturated rings. The van der Waals surface area contributed by atoms with Gasteiger partial charge in [-0.1, -0.05) is 26.7 Å². The third-order valence-electron chi connectivity index (χ3n) is 2.87. The van der Waals surface area contributed by atoms with Crippen molar-refractivity contribution in [2.75, 3.05) is 12.3 Å². The summed E-state index contributed by atoms with van der Waals surface area (Å²) in [6.07, 6.45) is 3.29. The predicted octanol–water partition coefficient (Wildman–Crippen LogP) is 1.97. The molecule has 0 radical (unpaired) electrons. The molecule has 0 atom stereocenters. The third kappa shape index (κ3) is 3.41. The number of hydrogen-bond donors (Lipinski definition) is 2. The smallest absolute Gasteiger partial charge is 0.254 e. The minimum atomic E-state index is -0.755. The van der Waals surface area contributed by atoms with Gasteiger partial charge < -0.3 is 11.1 Å². The van der Waals surface area contributed by atoms with E-state index in [1.54, 1.807) is 0 Å². The maximum absolute atomic E-state index is 13.5. The molecule has 94 valence electrons. The van der Waals surface area contributed by atoms with Crippen molar-refractivity contribution in [3.63, 3.8) is 0 Å². The average molecular weight is 239 g/mol. The number of rotatable bonds is 5. The van der Waals surface area contributed by atoms with E-state index in [4.69, 9.17) is 5.73 Å². The fourth-order valence-corrected chi connectivity index (χ4v) is 1.54. The van der Waals surface area contributed by atoms with Crippen LogP contribution in [0.5, 0.6) is 0 Å². The third-order valence-corrected chi connectivity index (χ3v) is 2.87. The number of hydrogen-bond acceptors (Lipinski definition) is 3. The first-order valence-electron chi connectivity index (χ1n) is 5.78. The SMILES string of the molecule is CCC(CC)CNC(=O)c1ccnc(N)c1F. The molecule has 0 aromatic carbocycles. The van der Waals surface area contributed by atoms with Crippen molar-refractivity contribution < 1.29 is 9.18 Å². The number of aromatic nitrogens is 1. The largest absolute Gasteiger partial charge is 0.381 e. The van der Waals surface area contributed by atoms with Gasteiger partial charge in [-0.15, -0.1) is 0 Å². The van der Waals surface area contributed by atoms with Gasteiger partial charge in [0, 0.05) is 12.7 Å². The lowest BCUT2D eigenvalue weighted by atomic mass is 10.0. The number of nitrogens with zero attached hydrogens (tertiary/aromatic N) is 1. The molecule has 0 aliphatic carbocycles. The Morgan fingerprint density at radius 1 is 1.53 bits per heavy atom. The molecule has 1 aromatic heterocycles. The average Bonchev–Trinajstić information content (AvgIpc) is 2.33. The Hall–Kier alpha value is -1.65. The van der Waals surface area contributed by atoms with Gasteiger partial charge in [0.15, 0.2) is 11.6 Å². The highest BCUT2D eigenvalue weighted by molar-refractivity contribution is 5.95. The van der Waals surface area contributed by atoms with Gasteiger partial charge in [0.05, 0.1) is 5.56 Å². The van der Waals surface area contributed by atoms with Gasteiger partial charge in [0.1, 0.15) is 0 Å². The molecule has 5 heteroatoms. The van der Waals surface area contributed by atoms with Crippen LogP contribution in [-0.2, 0) is 0 Å². The summed E-state index contributed by atoms with van der Waals surface area (Å²) in [5, 5.41) is 2.71. The van der Waals surface area contributed by atoms with E-state index >= 15 is 0 Å². The highest BCUT2D eigenvalue weighted by Crippen LogP contribution is 2.12. The van der Waals surface area contributed by atoms with E-state index < -0.39 is 11.7 Å². The number of halogens is 1. The molecule has 1 heterocycles. The zero-order valence-electron chi connectivity index (χ0n) is 10.2. The number of carbonyl (C=O) groups is 1. The molecule has 0 bridgehead atoms. The monoisotopic (exact) mass is 239 g/mol. The first kappa shape index (κ1) is 13.4. The van der Waals surface area contributed by atoms with E-state index in [1.165, 1.54) is 12.3 Å². The van der Waals surface area contributed by atoms with E-state index in [2.05, 4.69) is 24.1 Å². The lowest BCUT2D eigenvalue weighted by molar-refractivity contribution is 0.0942. The first-order chi connectivity index (χ1) is 8.10. The van der Waals surface area contributed by atoms with Crippen molar-refractivity contribution in [1.29, 1.82) is 0 Å². The van der Waals surface area contributed by atoms with Crippen LogP contribution < -0.4 is 11.1 Å². The van der Waals surface area contributed by atoms with Gasteiger partial charge >= 0.3 is 0 Å². The Morgan fingerprint density at radius 2 is 2.18 bits per heavy atom.